The topological polar surface area (TPSA) is 256 Å². The van der Waals surface area contributed by atoms with Crippen LogP contribution in [0.25, 0.3) is 22.5 Å². The van der Waals surface area contributed by atoms with Crippen molar-refractivity contribution in [2.75, 3.05) is 81.9 Å². The maximum Gasteiger partial charge on any atom is 0.329 e. The molecule has 0 aliphatic carbocycles. The zero-order valence-corrected chi connectivity index (χ0v) is 45.7. The fourth-order valence-corrected chi connectivity index (χ4v) is 10.6. The summed E-state index contributed by atoms with van der Waals surface area (Å²) in [6.07, 6.45) is 3.57. The van der Waals surface area contributed by atoms with Crippen LogP contribution in [0.1, 0.15) is 49.8 Å². The Hall–Kier alpha value is -6.95. The van der Waals surface area contributed by atoms with E-state index in [1.807, 2.05) is 50.2 Å². The zero-order valence-electron chi connectivity index (χ0n) is 44.0. The number of amides is 2. The summed E-state index contributed by atoms with van der Waals surface area (Å²) in [7, 11) is 1.95. The molecule has 20 nitrogen and oxygen atoms in total. The Morgan fingerprint density at radius 2 is 1.01 bits per heavy atom. The number of carbonyl (C=O) groups excluding carboxylic acids is 2. The number of aromatic nitrogens is 4. The van der Waals surface area contributed by atoms with Crippen molar-refractivity contribution >= 4 is 37.8 Å². The maximum atomic E-state index is 13.1. The number of H-pyrrole nitrogens is 2. The van der Waals surface area contributed by atoms with Gasteiger partial charge < -0.3 is 44.2 Å². The lowest BCUT2D eigenvalue weighted by atomic mass is 10.1. The molecule has 400 valence electrons. The van der Waals surface area contributed by atoms with Crippen LogP contribution in [0.2, 0.25) is 0 Å². The van der Waals surface area contributed by atoms with Gasteiger partial charge in [-0.3, -0.25) is 9.59 Å². The number of carboxylic acid groups (broad SMARTS) is 1. The standard InChI is InChI=1S/C26H34N4O5S.C14H21NO6S.C12H13N3O/c1-18-13-23(34-6)14-19(2)26(18)36(32,33)30(5)11-12-35-17-25(31)29(4)16-21-7-9-22(10-8-21)24-15-27-20(3)28-24;1-10-7-12(20-4)8-11(2)14(10)22(18,19)15(3)5-6-21-9-13(16)17;1-8-14-7-11(15-8)9-3-5-10(6-4-9)12(16)13-2/h7-10,13-15H,11-12,16-17H2,1-6H3,(H,27,28);7-8H,5-6,9H2,1-4H3,(H,16,17);3-7H,1-2H3,(H,13,16)(H,14,15). The molecule has 0 bridgehead atoms. The van der Waals surface area contributed by atoms with Crippen molar-refractivity contribution in [3.8, 4) is 34.0 Å². The number of aryl methyl sites for hydroxylation is 6. The van der Waals surface area contributed by atoms with E-state index in [0.717, 1.165) is 44.0 Å². The molecule has 0 fully saturated rings. The number of hydrogen-bond donors (Lipinski definition) is 4. The van der Waals surface area contributed by atoms with E-state index in [-0.39, 0.29) is 54.5 Å². The van der Waals surface area contributed by atoms with Gasteiger partial charge >= 0.3 is 5.97 Å². The van der Waals surface area contributed by atoms with Gasteiger partial charge in [0.25, 0.3) is 5.91 Å². The van der Waals surface area contributed by atoms with Crippen molar-refractivity contribution in [1.29, 1.82) is 0 Å². The maximum absolute atomic E-state index is 13.1. The van der Waals surface area contributed by atoms with Crippen molar-refractivity contribution in [3.63, 3.8) is 0 Å². The van der Waals surface area contributed by atoms with E-state index in [0.29, 0.717) is 45.9 Å². The molecule has 2 heterocycles. The summed E-state index contributed by atoms with van der Waals surface area (Å²) in [6, 6.07) is 22.0. The van der Waals surface area contributed by atoms with Gasteiger partial charge in [0, 0.05) is 53.4 Å². The Morgan fingerprint density at radius 3 is 1.36 bits per heavy atom. The lowest BCUT2D eigenvalue weighted by Gasteiger charge is -2.21. The summed E-state index contributed by atoms with van der Waals surface area (Å²) in [5, 5.41) is 11.1. The third-order valence-corrected chi connectivity index (χ3v) is 15.8. The van der Waals surface area contributed by atoms with Gasteiger partial charge in [-0.15, -0.1) is 0 Å². The molecule has 0 saturated heterocycles. The number of imidazole rings is 2. The van der Waals surface area contributed by atoms with E-state index in [1.54, 1.807) is 103 Å². The van der Waals surface area contributed by atoms with Gasteiger partial charge in [0.15, 0.2) is 0 Å². The predicted molar refractivity (Wildman–Crippen MR) is 281 cm³/mol. The average molecular weight is 1060 g/mol. The molecule has 4 aromatic carbocycles. The molecule has 0 saturated carbocycles. The first-order chi connectivity index (χ1) is 34.9. The molecule has 0 atom stereocenters. The number of ether oxygens (including phenoxy) is 4. The molecule has 6 rings (SSSR count). The molecule has 0 aliphatic heterocycles. The highest BCUT2D eigenvalue weighted by atomic mass is 32.2. The Morgan fingerprint density at radius 1 is 0.622 bits per heavy atom. The Balaban J connectivity index is 0.000000264. The lowest BCUT2D eigenvalue weighted by Crippen LogP contribution is -2.33. The van der Waals surface area contributed by atoms with Crippen LogP contribution < -0.4 is 14.8 Å². The number of nitrogens with zero attached hydrogens (tertiary/aromatic N) is 5. The van der Waals surface area contributed by atoms with Crippen molar-refractivity contribution in [1.82, 2.24) is 38.8 Å². The second-order valence-electron chi connectivity index (χ2n) is 17.2. The van der Waals surface area contributed by atoms with Crippen LogP contribution in [0, 0.1) is 41.5 Å². The minimum Gasteiger partial charge on any atom is -0.497 e. The molecular weight excluding hydrogens is 993 g/mol. The van der Waals surface area contributed by atoms with Crippen LogP contribution in [-0.2, 0) is 45.7 Å². The van der Waals surface area contributed by atoms with Crippen molar-refractivity contribution in [2.24, 2.45) is 0 Å². The van der Waals surface area contributed by atoms with Gasteiger partial charge in [0.2, 0.25) is 26.0 Å². The molecule has 0 spiro atoms. The van der Waals surface area contributed by atoms with E-state index in [1.165, 1.54) is 25.5 Å². The monoisotopic (exact) mass is 1060 g/mol. The van der Waals surface area contributed by atoms with Crippen LogP contribution in [0.5, 0.6) is 11.5 Å². The Labute approximate surface area is 434 Å². The number of hydrogen-bond acceptors (Lipinski definition) is 13. The number of aliphatic carboxylic acids is 1. The van der Waals surface area contributed by atoms with Crippen LogP contribution in [0.15, 0.2) is 95.0 Å². The number of rotatable bonds is 21. The molecule has 74 heavy (non-hydrogen) atoms. The van der Waals surface area contributed by atoms with Crippen molar-refractivity contribution in [2.45, 2.75) is 57.9 Å². The van der Waals surface area contributed by atoms with E-state index in [9.17, 15) is 31.2 Å². The lowest BCUT2D eigenvalue weighted by molar-refractivity contribution is -0.142. The number of aromatic amines is 2. The first-order valence-electron chi connectivity index (χ1n) is 23.2. The molecule has 2 aromatic heterocycles. The number of likely N-dealkylation sites (N-methyl/N-ethyl adjacent to an activating group) is 3. The molecular formula is C52H68N8O12S2. The second-order valence-corrected chi connectivity index (χ2v) is 21.2. The SMILES string of the molecule is CNC(=O)c1ccc(-c2cnc(C)[nH]2)cc1.COc1cc(C)c(S(=O)(=O)N(C)CCOCC(=O)N(C)Cc2ccc(-c3cnc(C)[nH]3)cc2)c(C)c1.COc1cc(C)c(S(=O)(=O)N(C)CCOCC(=O)O)c(C)c1. The van der Waals surface area contributed by atoms with E-state index < -0.39 is 32.6 Å². The number of carbonyl (C=O) groups is 3. The van der Waals surface area contributed by atoms with Gasteiger partial charge in [0.05, 0.1) is 61.0 Å². The molecule has 2 amide bonds. The van der Waals surface area contributed by atoms with Gasteiger partial charge in [-0.2, -0.15) is 8.61 Å². The average Bonchev–Trinajstić information content (AvgIpc) is 4.01. The minimum absolute atomic E-state index is 0.0102. The summed E-state index contributed by atoms with van der Waals surface area (Å²) in [4.78, 5) is 50.9. The van der Waals surface area contributed by atoms with Gasteiger partial charge in [-0.05, 0) is 117 Å². The largest absolute Gasteiger partial charge is 0.497 e. The highest BCUT2D eigenvalue weighted by Crippen LogP contribution is 2.29. The summed E-state index contributed by atoms with van der Waals surface area (Å²) in [5.74, 6) is 1.60. The van der Waals surface area contributed by atoms with Gasteiger partial charge in [-0.1, -0.05) is 36.4 Å². The number of nitrogens with one attached hydrogen (secondary N) is 3. The fraction of sp³-hybridized carbons (Fsp3) is 0.365. The third kappa shape index (κ3) is 16.5. The Kier molecular flexibility index (Phi) is 22.0. The quantitative estimate of drug-likeness (QED) is 0.0596. The Bertz CT molecular complexity index is 3020. The van der Waals surface area contributed by atoms with Gasteiger partial charge in [0.1, 0.15) is 36.4 Å². The zero-order chi connectivity index (χ0) is 54.9. The van der Waals surface area contributed by atoms with Crippen LogP contribution >= 0.6 is 0 Å². The molecule has 6 aromatic rings. The fourth-order valence-electron chi connectivity index (χ4n) is 7.47. The highest BCUT2D eigenvalue weighted by Gasteiger charge is 2.27. The smallest absolute Gasteiger partial charge is 0.329 e. The molecule has 0 unspecified atom stereocenters. The molecule has 4 N–H and O–H groups in total. The van der Waals surface area contributed by atoms with E-state index in [4.69, 9.17) is 24.1 Å². The van der Waals surface area contributed by atoms with E-state index >= 15 is 0 Å². The summed E-state index contributed by atoms with van der Waals surface area (Å²) < 4.78 is 74.5. The number of methoxy groups -OCH3 is 2. The summed E-state index contributed by atoms with van der Waals surface area (Å²) in [5.41, 5.74) is 8.01. The van der Waals surface area contributed by atoms with Crippen LogP contribution in [0.4, 0.5) is 0 Å². The predicted octanol–water partition coefficient (Wildman–Crippen LogP) is 6.08. The van der Waals surface area contributed by atoms with Crippen molar-refractivity contribution in [3.05, 3.63) is 130 Å². The molecule has 0 radical (unpaired) electrons. The van der Waals surface area contributed by atoms with Crippen molar-refractivity contribution < 1.29 is 55.3 Å². The molecule has 22 heteroatoms. The summed E-state index contributed by atoms with van der Waals surface area (Å²) >= 11 is 0. The number of sulfonamides is 2. The van der Waals surface area contributed by atoms with Gasteiger partial charge in [-0.25, -0.2) is 31.6 Å². The first kappa shape index (κ1) is 59.6. The number of benzene rings is 4. The minimum atomic E-state index is -3.71. The highest BCUT2D eigenvalue weighted by molar-refractivity contribution is 7.89. The normalized spacial score (nSPS) is 11.3. The second kappa shape index (κ2) is 27.4. The first-order valence-corrected chi connectivity index (χ1v) is 26.1. The summed E-state index contributed by atoms with van der Waals surface area (Å²) in [6.45, 7) is 10.9. The van der Waals surface area contributed by atoms with Crippen LogP contribution in [-0.4, -0.2) is 155 Å². The van der Waals surface area contributed by atoms with Crippen LogP contribution in [0.3, 0.4) is 0 Å². The number of carboxylic acids is 1. The third-order valence-electron chi connectivity index (χ3n) is 11.4. The molecule has 0 aliphatic rings. The van der Waals surface area contributed by atoms with E-state index in [2.05, 4.69) is 25.3 Å².